The number of aromatic hydroxyl groups is 1. The maximum absolute atomic E-state index is 12.8. The second kappa shape index (κ2) is 5.99. The lowest BCUT2D eigenvalue weighted by Crippen LogP contribution is -2.10. The Balaban J connectivity index is 2.14. The smallest absolute Gasteiger partial charge is 0.416 e. The number of hydrogen-bond acceptors (Lipinski definition) is 2. The van der Waals surface area contributed by atoms with Crippen LogP contribution in [0.1, 0.15) is 27.9 Å². The molecule has 0 aliphatic rings. The number of carbonyl (C=O) groups excluding carboxylic acids is 1. The lowest BCUT2D eigenvalue weighted by Gasteiger charge is -2.12. The summed E-state index contributed by atoms with van der Waals surface area (Å²) in [6, 6.07) is 11.2. The van der Waals surface area contributed by atoms with Gasteiger partial charge in [-0.05, 0) is 30.2 Å². The van der Waals surface area contributed by atoms with E-state index in [1.807, 2.05) is 0 Å². The van der Waals surface area contributed by atoms with Gasteiger partial charge in [0, 0.05) is 6.42 Å². The Labute approximate surface area is 119 Å². The molecule has 0 unspecified atom stereocenters. The van der Waals surface area contributed by atoms with Gasteiger partial charge in [-0.25, -0.2) is 0 Å². The molecular formula is C16H13F3O2. The topological polar surface area (TPSA) is 37.3 Å². The molecule has 1 N–H and O–H groups in total. The Morgan fingerprint density at radius 2 is 1.62 bits per heavy atom. The number of carbonyl (C=O) groups is 1. The fraction of sp³-hybridized carbons (Fsp3) is 0.188. The minimum Gasteiger partial charge on any atom is -0.507 e. The van der Waals surface area contributed by atoms with Gasteiger partial charge < -0.3 is 5.11 Å². The molecular weight excluding hydrogens is 281 g/mol. The van der Waals surface area contributed by atoms with Gasteiger partial charge in [0.25, 0.3) is 0 Å². The van der Waals surface area contributed by atoms with Crippen molar-refractivity contribution in [2.45, 2.75) is 19.0 Å². The maximum atomic E-state index is 12.8. The zero-order valence-electron chi connectivity index (χ0n) is 11.0. The number of benzene rings is 2. The molecule has 0 saturated heterocycles. The molecule has 0 aliphatic heterocycles. The van der Waals surface area contributed by atoms with Crippen LogP contribution < -0.4 is 0 Å². The van der Waals surface area contributed by atoms with Crippen molar-refractivity contribution in [3.05, 3.63) is 65.2 Å². The molecule has 0 atom stereocenters. The molecule has 2 nitrogen and oxygen atoms in total. The van der Waals surface area contributed by atoms with Crippen LogP contribution in [0.4, 0.5) is 13.2 Å². The molecule has 0 radical (unpaired) electrons. The number of alkyl halides is 3. The molecule has 0 bridgehead atoms. The Morgan fingerprint density at radius 1 is 1.00 bits per heavy atom. The molecule has 2 rings (SSSR count). The number of halogens is 3. The normalized spacial score (nSPS) is 11.4. The van der Waals surface area contributed by atoms with Gasteiger partial charge in [0.05, 0.1) is 11.1 Å². The van der Waals surface area contributed by atoms with E-state index in [-0.39, 0.29) is 35.5 Å². The first-order valence-corrected chi connectivity index (χ1v) is 6.36. The summed E-state index contributed by atoms with van der Waals surface area (Å²) in [5, 5.41) is 9.56. The Morgan fingerprint density at radius 3 is 2.29 bits per heavy atom. The summed E-state index contributed by atoms with van der Waals surface area (Å²) in [6.07, 6.45) is -4.55. The van der Waals surface area contributed by atoms with E-state index < -0.39 is 11.7 Å². The van der Waals surface area contributed by atoms with Crippen molar-refractivity contribution in [2.75, 3.05) is 0 Å². The number of Topliss-reactive ketones (excluding diaryl/α,β-unsaturated/α-hetero) is 1. The van der Waals surface area contributed by atoms with E-state index in [1.165, 1.54) is 30.3 Å². The first-order chi connectivity index (χ1) is 9.89. The quantitative estimate of drug-likeness (QED) is 0.857. The molecule has 2 aromatic carbocycles. The third-order valence-electron chi connectivity index (χ3n) is 3.15. The molecule has 21 heavy (non-hydrogen) atoms. The van der Waals surface area contributed by atoms with Crippen LogP contribution in [0.5, 0.6) is 5.75 Å². The van der Waals surface area contributed by atoms with Crippen LogP contribution in [0.3, 0.4) is 0 Å². The highest BCUT2D eigenvalue weighted by atomic mass is 19.4. The fourth-order valence-corrected chi connectivity index (χ4v) is 2.11. The van der Waals surface area contributed by atoms with Crippen molar-refractivity contribution >= 4 is 5.78 Å². The monoisotopic (exact) mass is 294 g/mol. The molecule has 0 saturated carbocycles. The van der Waals surface area contributed by atoms with E-state index in [2.05, 4.69) is 0 Å². The summed E-state index contributed by atoms with van der Waals surface area (Å²) >= 11 is 0. The lowest BCUT2D eigenvalue weighted by atomic mass is 9.98. The van der Waals surface area contributed by atoms with Gasteiger partial charge in [0.15, 0.2) is 5.78 Å². The van der Waals surface area contributed by atoms with Crippen LogP contribution in [-0.2, 0) is 12.6 Å². The first kappa shape index (κ1) is 15.1. The molecule has 2 aromatic rings. The number of phenolic OH excluding ortho intramolecular Hbond substituents is 1. The van der Waals surface area contributed by atoms with E-state index in [1.54, 1.807) is 12.1 Å². The van der Waals surface area contributed by atoms with E-state index in [9.17, 15) is 23.1 Å². The van der Waals surface area contributed by atoms with Gasteiger partial charge in [-0.2, -0.15) is 13.2 Å². The summed E-state index contributed by atoms with van der Waals surface area (Å²) in [5.41, 5.74) is -0.522. The molecule has 5 heteroatoms. The average Bonchev–Trinajstić information content (AvgIpc) is 2.44. The second-order valence-corrected chi connectivity index (χ2v) is 4.60. The van der Waals surface area contributed by atoms with Gasteiger partial charge in [0.1, 0.15) is 5.75 Å². The van der Waals surface area contributed by atoms with E-state index in [0.717, 1.165) is 6.07 Å². The van der Waals surface area contributed by atoms with Crippen LogP contribution in [-0.4, -0.2) is 10.9 Å². The molecule has 0 spiro atoms. The van der Waals surface area contributed by atoms with Crippen LogP contribution in [0, 0.1) is 0 Å². The van der Waals surface area contributed by atoms with E-state index in [4.69, 9.17) is 0 Å². The zero-order valence-corrected chi connectivity index (χ0v) is 11.0. The average molecular weight is 294 g/mol. The maximum Gasteiger partial charge on any atom is 0.416 e. The summed E-state index contributed by atoms with van der Waals surface area (Å²) in [5.74, 6) is -0.545. The molecule has 0 heterocycles. The molecule has 0 amide bonds. The van der Waals surface area contributed by atoms with Crippen molar-refractivity contribution in [2.24, 2.45) is 0 Å². The van der Waals surface area contributed by atoms with Gasteiger partial charge in [0.2, 0.25) is 0 Å². The van der Waals surface area contributed by atoms with Crippen LogP contribution in [0.25, 0.3) is 0 Å². The Hall–Kier alpha value is -2.30. The number of aryl methyl sites for hydroxylation is 1. The highest BCUT2D eigenvalue weighted by molar-refractivity contribution is 5.98. The van der Waals surface area contributed by atoms with E-state index in [0.29, 0.717) is 0 Å². The zero-order chi connectivity index (χ0) is 15.5. The second-order valence-electron chi connectivity index (χ2n) is 4.60. The summed E-state index contributed by atoms with van der Waals surface area (Å²) in [7, 11) is 0. The van der Waals surface area contributed by atoms with Gasteiger partial charge in [-0.1, -0.05) is 30.3 Å². The predicted octanol–water partition coefficient (Wildman–Crippen LogP) is 4.23. The molecule has 0 fully saturated rings. The van der Waals surface area contributed by atoms with Crippen molar-refractivity contribution in [1.82, 2.24) is 0 Å². The minimum absolute atomic E-state index is 0.0249. The van der Waals surface area contributed by atoms with Crippen LogP contribution >= 0.6 is 0 Å². The third kappa shape index (κ3) is 3.62. The fourth-order valence-electron chi connectivity index (χ4n) is 2.11. The van der Waals surface area contributed by atoms with Gasteiger partial charge in [-0.3, -0.25) is 4.79 Å². The van der Waals surface area contributed by atoms with Crippen LogP contribution in [0.2, 0.25) is 0 Å². The third-order valence-corrected chi connectivity index (χ3v) is 3.15. The van der Waals surface area contributed by atoms with Crippen molar-refractivity contribution in [1.29, 1.82) is 0 Å². The number of phenols is 1. The number of ketones is 1. The SMILES string of the molecule is O=C(CCc1ccccc1C(F)(F)F)c1ccccc1O. The minimum atomic E-state index is -4.44. The van der Waals surface area contributed by atoms with Crippen molar-refractivity contribution in [3.8, 4) is 5.75 Å². The molecule has 110 valence electrons. The summed E-state index contributed by atoms with van der Waals surface area (Å²) in [4.78, 5) is 12.0. The lowest BCUT2D eigenvalue weighted by molar-refractivity contribution is -0.138. The van der Waals surface area contributed by atoms with Crippen molar-refractivity contribution in [3.63, 3.8) is 0 Å². The number of hydrogen-bond donors (Lipinski definition) is 1. The number of para-hydroxylation sites is 1. The summed E-state index contributed by atoms with van der Waals surface area (Å²) in [6.45, 7) is 0. The van der Waals surface area contributed by atoms with Crippen LogP contribution in [0.15, 0.2) is 48.5 Å². The first-order valence-electron chi connectivity index (χ1n) is 6.36. The van der Waals surface area contributed by atoms with Gasteiger partial charge >= 0.3 is 6.18 Å². The number of rotatable bonds is 4. The summed E-state index contributed by atoms with van der Waals surface area (Å²) < 4.78 is 38.5. The molecule has 0 aliphatic carbocycles. The Kier molecular flexibility index (Phi) is 4.31. The predicted molar refractivity (Wildman–Crippen MR) is 72.2 cm³/mol. The Bertz CT molecular complexity index is 648. The van der Waals surface area contributed by atoms with E-state index >= 15 is 0 Å². The van der Waals surface area contributed by atoms with Crippen molar-refractivity contribution < 1.29 is 23.1 Å². The van der Waals surface area contributed by atoms with Gasteiger partial charge in [-0.15, -0.1) is 0 Å². The highest BCUT2D eigenvalue weighted by Crippen LogP contribution is 2.32. The highest BCUT2D eigenvalue weighted by Gasteiger charge is 2.32. The standard InChI is InChI=1S/C16H13F3O2/c17-16(18,19)13-7-3-1-5-11(13)9-10-15(21)12-6-2-4-8-14(12)20/h1-8,20H,9-10H2. The molecule has 0 aromatic heterocycles. The largest absolute Gasteiger partial charge is 0.507 e.